The van der Waals surface area contributed by atoms with Crippen LogP contribution in [0.2, 0.25) is 0 Å². The van der Waals surface area contributed by atoms with E-state index in [4.69, 9.17) is 0 Å². The summed E-state index contributed by atoms with van der Waals surface area (Å²) in [7, 11) is 0. The van der Waals surface area contributed by atoms with Crippen LogP contribution in [0.1, 0.15) is 19.8 Å². The van der Waals surface area contributed by atoms with Crippen molar-refractivity contribution in [2.45, 2.75) is 25.9 Å². The second kappa shape index (κ2) is 8.02. The molecule has 4 rings (SSSR count). The second-order valence-electron chi connectivity index (χ2n) is 7.20. The second-order valence-corrected chi connectivity index (χ2v) is 7.20. The van der Waals surface area contributed by atoms with E-state index in [-0.39, 0.29) is 11.5 Å². The third kappa shape index (κ3) is 3.98. The van der Waals surface area contributed by atoms with Gasteiger partial charge in [-0.05, 0) is 38.0 Å². The molecule has 1 aromatic carbocycles. The van der Waals surface area contributed by atoms with Gasteiger partial charge in [-0.2, -0.15) is 0 Å². The van der Waals surface area contributed by atoms with Crippen molar-refractivity contribution in [2.24, 2.45) is 4.99 Å². The zero-order valence-corrected chi connectivity index (χ0v) is 16.2. The van der Waals surface area contributed by atoms with Crippen LogP contribution in [0, 0.1) is 10.1 Å². The number of halogens is 1. The van der Waals surface area contributed by atoms with Gasteiger partial charge in [0.05, 0.1) is 22.8 Å². The minimum atomic E-state index is -0.870. The fourth-order valence-electron chi connectivity index (χ4n) is 3.80. The van der Waals surface area contributed by atoms with Crippen molar-refractivity contribution in [3.8, 4) is 0 Å². The van der Waals surface area contributed by atoms with Gasteiger partial charge in [-0.25, -0.2) is 9.37 Å². The Hall–Kier alpha value is -3.23. The minimum Gasteiger partial charge on any atom is -0.367 e. The molecule has 8 nitrogen and oxygen atoms in total. The lowest BCUT2D eigenvalue weighted by Gasteiger charge is -2.32. The standard InChI is InChI=1S/C20H23FN6O2/c1-14-22-10-12-26(14)19-9-8-18(27(28)29)20(24-19)23-16-6-2-3-7-17(16)25-11-4-5-15(21)13-25/h2-3,6-9,15H,4-5,10-13H2,1H3,(H,23,24). The van der Waals surface area contributed by atoms with Crippen molar-refractivity contribution < 1.29 is 9.31 Å². The van der Waals surface area contributed by atoms with Crippen molar-refractivity contribution in [3.63, 3.8) is 0 Å². The van der Waals surface area contributed by atoms with Crippen LogP contribution in [-0.2, 0) is 0 Å². The number of piperidine rings is 1. The minimum absolute atomic E-state index is 0.112. The van der Waals surface area contributed by atoms with E-state index in [0.717, 1.165) is 24.5 Å². The molecule has 1 N–H and O–H groups in total. The molecule has 1 saturated heterocycles. The van der Waals surface area contributed by atoms with E-state index < -0.39 is 11.1 Å². The molecule has 0 aliphatic carbocycles. The van der Waals surface area contributed by atoms with Crippen molar-refractivity contribution in [3.05, 3.63) is 46.5 Å². The molecule has 3 heterocycles. The van der Waals surface area contributed by atoms with Gasteiger partial charge in [0.2, 0.25) is 5.82 Å². The molecular weight excluding hydrogens is 375 g/mol. The number of alkyl halides is 1. The molecule has 0 radical (unpaired) electrons. The van der Waals surface area contributed by atoms with Crippen molar-refractivity contribution in [1.82, 2.24) is 4.98 Å². The van der Waals surface area contributed by atoms with E-state index in [0.29, 0.717) is 37.6 Å². The summed E-state index contributed by atoms with van der Waals surface area (Å²) in [6.45, 7) is 4.33. The maximum Gasteiger partial charge on any atom is 0.311 e. The average molecular weight is 398 g/mol. The first-order valence-corrected chi connectivity index (χ1v) is 9.72. The summed E-state index contributed by atoms with van der Waals surface area (Å²) < 4.78 is 13.9. The van der Waals surface area contributed by atoms with Gasteiger partial charge in [0.1, 0.15) is 17.8 Å². The van der Waals surface area contributed by atoms with Crippen LogP contribution in [-0.4, -0.2) is 48.1 Å². The van der Waals surface area contributed by atoms with Gasteiger partial charge in [0.25, 0.3) is 0 Å². The molecule has 1 aromatic heterocycles. The molecule has 2 aliphatic rings. The first-order valence-electron chi connectivity index (χ1n) is 9.72. The Morgan fingerprint density at radius 1 is 1.24 bits per heavy atom. The number of para-hydroxylation sites is 2. The largest absolute Gasteiger partial charge is 0.367 e. The van der Waals surface area contributed by atoms with Gasteiger partial charge >= 0.3 is 5.69 Å². The molecule has 29 heavy (non-hydrogen) atoms. The highest BCUT2D eigenvalue weighted by Gasteiger charge is 2.24. The van der Waals surface area contributed by atoms with E-state index in [2.05, 4.69) is 15.3 Å². The fraction of sp³-hybridized carbons (Fsp3) is 0.400. The quantitative estimate of drug-likeness (QED) is 0.607. The van der Waals surface area contributed by atoms with Gasteiger partial charge in [0.15, 0.2) is 0 Å². The lowest BCUT2D eigenvalue weighted by molar-refractivity contribution is -0.384. The maximum atomic E-state index is 13.9. The van der Waals surface area contributed by atoms with Crippen LogP contribution >= 0.6 is 0 Å². The smallest absolute Gasteiger partial charge is 0.311 e. The lowest BCUT2D eigenvalue weighted by Crippen LogP contribution is -2.36. The Bertz CT molecular complexity index is 950. The number of amidine groups is 1. The number of hydrogen-bond donors (Lipinski definition) is 1. The summed E-state index contributed by atoms with van der Waals surface area (Å²) in [5, 5.41) is 14.7. The van der Waals surface area contributed by atoms with E-state index >= 15 is 0 Å². The first kappa shape index (κ1) is 19.1. The number of nitrogens with zero attached hydrogens (tertiary/aromatic N) is 5. The molecule has 1 atom stereocenters. The van der Waals surface area contributed by atoms with Crippen LogP contribution < -0.4 is 15.1 Å². The summed E-state index contributed by atoms with van der Waals surface area (Å²) in [5.74, 6) is 1.60. The van der Waals surface area contributed by atoms with E-state index in [1.807, 2.05) is 41.0 Å². The molecule has 0 spiro atoms. The van der Waals surface area contributed by atoms with Gasteiger partial charge in [-0.15, -0.1) is 0 Å². The molecule has 0 bridgehead atoms. The Balaban J connectivity index is 1.68. The van der Waals surface area contributed by atoms with Crippen LogP contribution in [0.5, 0.6) is 0 Å². The molecular formula is C20H23FN6O2. The predicted molar refractivity (Wildman–Crippen MR) is 112 cm³/mol. The molecule has 1 fully saturated rings. The maximum absolute atomic E-state index is 13.9. The molecule has 2 aromatic rings. The van der Waals surface area contributed by atoms with Gasteiger partial charge < -0.3 is 15.1 Å². The predicted octanol–water partition coefficient (Wildman–Crippen LogP) is 3.91. The molecule has 0 saturated carbocycles. The number of anilines is 4. The number of pyridine rings is 1. The van der Waals surface area contributed by atoms with Crippen molar-refractivity contribution in [2.75, 3.05) is 41.3 Å². The summed E-state index contributed by atoms with van der Waals surface area (Å²) in [4.78, 5) is 23.9. The number of aliphatic imine (C=N–C) groups is 1. The molecule has 152 valence electrons. The average Bonchev–Trinajstić information content (AvgIpc) is 3.14. The van der Waals surface area contributed by atoms with Crippen molar-refractivity contribution in [1.29, 1.82) is 0 Å². The lowest BCUT2D eigenvalue weighted by atomic mass is 10.1. The van der Waals surface area contributed by atoms with Gasteiger partial charge in [-0.3, -0.25) is 15.1 Å². The number of benzene rings is 1. The van der Waals surface area contributed by atoms with Gasteiger partial charge in [-0.1, -0.05) is 12.1 Å². The molecule has 9 heteroatoms. The molecule has 2 aliphatic heterocycles. The summed E-state index contributed by atoms with van der Waals surface area (Å²) in [6.07, 6.45) is 0.472. The summed E-state index contributed by atoms with van der Waals surface area (Å²) >= 11 is 0. The van der Waals surface area contributed by atoms with Crippen molar-refractivity contribution >= 4 is 34.5 Å². The zero-order valence-electron chi connectivity index (χ0n) is 16.2. The highest BCUT2D eigenvalue weighted by Crippen LogP contribution is 2.34. The third-order valence-electron chi connectivity index (χ3n) is 5.25. The SMILES string of the molecule is CC1=NCCN1c1ccc([N+](=O)[O-])c(Nc2ccccc2N2CCCC(F)C2)n1. The normalized spacial score (nSPS) is 19.2. The van der Waals surface area contributed by atoms with Crippen LogP contribution in [0.15, 0.2) is 41.4 Å². The number of rotatable bonds is 5. The van der Waals surface area contributed by atoms with Crippen LogP contribution in [0.4, 0.5) is 33.1 Å². The number of hydrogen-bond acceptors (Lipinski definition) is 7. The number of nitro groups is 1. The van der Waals surface area contributed by atoms with Crippen LogP contribution in [0.25, 0.3) is 0 Å². The Labute approximate surface area is 168 Å². The fourth-order valence-corrected chi connectivity index (χ4v) is 3.80. The Kier molecular flexibility index (Phi) is 5.28. The molecule has 0 amide bonds. The highest BCUT2D eigenvalue weighted by molar-refractivity contribution is 5.97. The highest BCUT2D eigenvalue weighted by atomic mass is 19.1. The summed E-state index contributed by atoms with van der Waals surface area (Å²) in [6, 6.07) is 10.5. The Morgan fingerprint density at radius 3 is 2.79 bits per heavy atom. The third-order valence-corrected chi connectivity index (χ3v) is 5.25. The zero-order chi connectivity index (χ0) is 20.4. The topological polar surface area (TPSA) is 86.9 Å². The van der Waals surface area contributed by atoms with Crippen LogP contribution in [0.3, 0.4) is 0 Å². The number of nitrogens with one attached hydrogen (secondary N) is 1. The monoisotopic (exact) mass is 398 g/mol. The van der Waals surface area contributed by atoms with E-state index in [9.17, 15) is 14.5 Å². The summed E-state index contributed by atoms with van der Waals surface area (Å²) in [5.41, 5.74) is 1.37. The molecule has 1 unspecified atom stereocenters. The number of aromatic nitrogens is 1. The first-order chi connectivity index (χ1) is 14.0. The van der Waals surface area contributed by atoms with E-state index in [1.54, 1.807) is 6.07 Å². The Morgan fingerprint density at radius 2 is 2.07 bits per heavy atom. The van der Waals surface area contributed by atoms with E-state index in [1.165, 1.54) is 6.07 Å². The van der Waals surface area contributed by atoms with Gasteiger partial charge in [0, 0.05) is 25.7 Å².